The predicted octanol–water partition coefficient (Wildman–Crippen LogP) is 6.55. The van der Waals surface area contributed by atoms with Crippen molar-refractivity contribution in [2.45, 2.75) is 78.1 Å². The molecule has 1 N–H and O–H groups in total. The van der Waals surface area contributed by atoms with Gasteiger partial charge >= 0.3 is 0 Å². The first-order chi connectivity index (χ1) is 14.4. The number of phenols is 1. The molecule has 162 valence electrons. The molecule has 3 rings (SSSR count). The van der Waals surface area contributed by atoms with Crippen LogP contribution in [0.25, 0.3) is 16.7 Å². The fourth-order valence-corrected chi connectivity index (χ4v) is 3.62. The zero-order valence-electron chi connectivity index (χ0n) is 18.8. The van der Waals surface area contributed by atoms with Crippen LogP contribution in [0.2, 0.25) is 0 Å². The van der Waals surface area contributed by atoms with Crippen molar-refractivity contribution in [1.82, 2.24) is 15.0 Å². The molecule has 0 saturated carbocycles. The molecule has 0 aliphatic heterocycles. The molecule has 2 aromatic carbocycles. The molecule has 0 atom stereocenters. The number of hydrogen-bond acceptors (Lipinski definition) is 4. The molecule has 1 heterocycles. The lowest BCUT2D eigenvalue weighted by Gasteiger charge is -2.23. The van der Waals surface area contributed by atoms with E-state index in [0.717, 1.165) is 28.8 Å². The lowest BCUT2D eigenvalue weighted by atomic mass is 9.86. The van der Waals surface area contributed by atoms with Crippen LogP contribution in [0.4, 0.5) is 0 Å². The topological polar surface area (TPSA) is 60.2 Å². The van der Waals surface area contributed by atoms with Crippen LogP contribution in [0.15, 0.2) is 36.4 Å². The quantitative estimate of drug-likeness (QED) is 0.386. The van der Waals surface area contributed by atoms with Crippen LogP contribution in [-0.2, 0) is 5.41 Å². The van der Waals surface area contributed by atoms with E-state index in [0.29, 0.717) is 12.3 Å². The molecule has 5 heteroatoms. The number of ether oxygens (including phenoxy) is 1. The number of aromatic nitrogens is 3. The van der Waals surface area contributed by atoms with E-state index in [1.54, 1.807) is 0 Å². The molecule has 0 aliphatic carbocycles. The number of fused-ring (bicyclic) bond motifs is 1. The van der Waals surface area contributed by atoms with Gasteiger partial charge in [-0.3, -0.25) is 0 Å². The number of phenolic OH excluding ortho intramolecular Hbond substituents is 1. The lowest BCUT2D eigenvalue weighted by Crippen LogP contribution is -2.14. The number of unbranched alkanes of at least 4 members (excludes halogenated alkanes) is 6. The minimum Gasteiger partial charge on any atom is -0.505 e. The molecular formula is C25H35N3O2. The van der Waals surface area contributed by atoms with Crippen molar-refractivity contribution in [3.8, 4) is 17.2 Å². The summed E-state index contributed by atoms with van der Waals surface area (Å²) in [7, 11) is 0. The highest BCUT2D eigenvalue weighted by molar-refractivity contribution is 5.74. The smallest absolute Gasteiger partial charge is 0.147 e. The first-order valence-corrected chi connectivity index (χ1v) is 11.2. The van der Waals surface area contributed by atoms with E-state index in [1.165, 1.54) is 43.3 Å². The Morgan fingerprint density at radius 1 is 0.900 bits per heavy atom. The molecule has 30 heavy (non-hydrogen) atoms. The third-order valence-electron chi connectivity index (χ3n) is 5.39. The van der Waals surface area contributed by atoms with E-state index in [4.69, 9.17) is 4.74 Å². The number of aromatic hydroxyl groups is 1. The Bertz CT molecular complexity index is 924. The zero-order chi connectivity index (χ0) is 21.6. The van der Waals surface area contributed by atoms with Crippen molar-refractivity contribution >= 4 is 11.0 Å². The Morgan fingerprint density at radius 3 is 2.10 bits per heavy atom. The van der Waals surface area contributed by atoms with Gasteiger partial charge in [0.1, 0.15) is 28.2 Å². The van der Waals surface area contributed by atoms with Crippen LogP contribution in [0.3, 0.4) is 0 Å². The van der Waals surface area contributed by atoms with Crippen LogP contribution < -0.4 is 4.74 Å². The van der Waals surface area contributed by atoms with E-state index in [-0.39, 0.29) is 11.2 Å². The Balaban J connectivity index is 1.76. The molecule has 0 unspecified atom stereocenters. The number of hydrogen-bond donors (Lipinski definition) is 1. The number of rotatable bonds is 10. The van der Waals surface area contributed by atoms with Crippen LogP contribution >= 0.6 is 0 Å². The van der Waals surface area contributed by atoms with Gasteiger partial charge in [0.15, 0.2) is 0 Å². The lowest BCUT2D eigenvalue weighted by molar-refractivity contribution is 0.302. The van der Waals surface area contributed by atoms with Gasteiger partial charge in [0.2, 0.25) is 0 Å². The van der Waals surface area contributed by atoms with E-state index in [2.05, 4.69) is 37.9 Å². The highest BCUT2D eigenvalue weighted by atomic mass is 16.5. The average molecular weight is 410 g/mol. The minimum absolute atomic E-state index is 0.200. The maximum Gasteiger partial charge on any atom is 0.147 e. The summed E-state index contributed by atoms with van der Waals surface area (Å²) in [6.07, 6.45) is 8.75. The maximum absolute atomic E-state index is 11.0. The summed E-state index contributed by atoms with van der Waals surface area (Å²) >= 11 is 0. The minimum atomic E-state index is -0.232. The van der Waals surface area contributed by atoms with E-state index < -0.39 is 0 Å². The fraction of sp³-hybridized carbons (Fsp3) is 0.520. The summed E-state index contributed by atoms with van der Waals surface area (Å²) in [5.74, 6) is 0.950. The van der Waals surface area contributed by atoms with Gasteiger partial charge < -0.3 is 9.84 Å². The largest absolute Gasteiger partial charge is 0.505 e. The molecule has 3 aromatic rings. The third kappa shape index (κ3) is 5.53. The monoisotopic (exact) mass is 409 g/mol. The van der Waals surface area contributed by atoms with Gasteiger partial charge in [0.25, 0.3) is 0 Å². The van der Waals surface area contributed by atoms with Gasteiger partial charge in [0, 0.05) is 11.6 Å². The highest BCUT2D eigenvalue weighted by Crippen LogP contribution is 2.38. The number of nitrogens with zero attached hydrogens (tertiary/aromatic N) is 3. The standard InChI is InChI=1S/C25H35N3O2/c1-5-6-7-8-9-10-13-16-30-19-17-20(25(2,3)4)24(29)23(18-19)28-26-21-14-11-12-15-22(21)27-28/h11-12,14-15,17-18,29H,5-10,13,16H2,1-4H3. The molecule has 5 nitrogen and oxygen atoms in total. The van der Waals surface area contributed by atoms with Crippen LogP contribution in [0.5, 0.6) is 11.5 Å². The second kappa shape index (κ2) is 9.96. The molecule has 0 saturated heterocycles. The van der Waals surface area contributed by atoms with Gasteiger partial charge in [-0.15, -0.1) is 15.0 Å². The van der Waals surface area contributed by atoms with Gasteiger partial charge in [0.05, 0.1) is 6.61 Å². The Kier molecular flexibility index (Phi) is 7.35. The maximum atomic E-state index is 11.0. The summed E-state index contributed by atoms with van der Waals surface area (Å²) in [5.41, 5.74) is 2.74. The van der Waals surface area contributed by atoms with Crippen molar-refractivity contribution in [3.63, 3.8) is 0 Å². The molecule has 0 fully saturated rings. The Morgan fingerprint density at radius 2 is 1.50 bits per heavy atom. The molecule has 0 bridgehead atoms. The summed E-state index contributed by atoms with van der Waals surface area (Å²) in [4.78, 5) is 1.51. The van der Waals surface area contributed by atoms with Crippen molar-refractivity contribution in [2.24, 2.45) is 0 Å². The summed E-state index contributed by atoms with van der Waals surface area (Å²) in [5, 5.41) is 20.1. The second-order valence-electron chi connectivity index (χ2n) is 9.04. The molecular weight excluding hydrogens is 374 g/mol. The van der Waals surface area contributed by atoms with Gasteiger partial charge in [-0.1, -0.05) is 78.4 Å². The van der Waals surface area contributed by atoms with E-state index >= 15 is 0 Å². The normalized spacial score (nSPS) is 11.9. The zero-order valence-corrected chi connectivity index (χ0v) is 18.8. The van der Waals surface area contributed by atoms with Crippen molar-refractivity contribution in [1.29, 1.82) is 0 Å². The first kappa shape index (κ1) is 22.1. The summed E-state index contributed by atoms with van der Waals surface area (Å²) < 4.78 is 6.08. The van der Waals surface area contributed by atoms with Crippen LogP contribution in [0, 0.1) is 0 Å². The molecule has 1 aromatic heterocycles. The Hall–Kier alpha value is -2.56. The van der Waals surface area contributed by atoms with Crippen molar-refractivity contribution in [2.75, 3.05) is 6.61 Å². The van der Waals surface area contributed by atoms with Crippen LogP contribution in [0.1, 0.15) is 78.2 Å². The van der Waals surface area contributed by atoms with Crippen molar-refractivity contribution in [3.05, 3.63) is 42.0 Å². The second-order valence-corrected chi connectivity index (χ2v) is 9.04. The average Bonchev–Trinajstić information content (AvgIpc) is 3.14. The molecule has 0 spiro atoms. The van der Waals surface area contributed by atoms with Gasteiger partial charge in [-0.2, -0.15) is 0 Å². The van der Waals surface area contributed by atoms with Crippen LogP contribution in [-0.4, -0.2) is 26.7 Å². The summed E-state index contributed by atoms with van der Waals surface area (Å²) in [6, 6.07) is 11.5. The van der Waals surface area contributed by atoms with E-state index in [9.17, 15) is 5.11 Å². The first-order valence-electron chi connectivity index (χ1n) is 11.2. The van der Waals surface area contributed by atoms with E-state index in [1.807, 2.05) is 36.4 Å². The van der Waals surface area contributed by atoms with Crippen molar-refractivity contribution < 1.29 is 9.84 Å². The molecule has 0 amide bonds. The molecule has 0 radical (unpaired) electrons. The van der Waals surface area contributed by atoms with Gasteiger partial charge in [-0.05, 0) is 30.0 Å². The third-order valence-corrected chi connectivity index (χ3v) is 5.39. The number of benzene rings is 2. The van der Waals surface area contributed by atoms with Gasteiger partial charge in [-0.25, -0.2) is 0 Å². The molecule has 0 aliphatic rings. The summed E-state index contributed by atoms with van der Waals surface area (Å²) in [6.45, 7) is 9.17. The SMILES string of the molecule is CCCCCCCCCOc1cc(-n2nc3ccccc3n2)c(O)c(C(C)(C)C)c1. The fourth-order valence-electron chi connectivity index (χ4n) is 3.62. The Labute approximate surface area is 180 Å². The predicted molar refractivity (Wildman–Crippen MR) is 123 cm³/mol. The highest BCUT2D eigenvalue weighted by Gasteiger charge is 2.23.